The van der Waals surface area contributed by atoms with Crippen LogP contribution in [0.15, 0.2) is 12.1 Å². The summed E-state index contributed by atoms with van der Waals surface area (Å²) in [6, 6.07) is 3.92. The standard InChI is InChI=1S/C14H23ClN2O/c1-5-18-14-8-10(2)11(9-12(14)15)13(16)6-7-17(3)4/h8-9,13H,5-7,16H2,1-4H3. The molecule has 0 aliphatic carbocycles. The zero-order chi connectivity index (χ0) is 13.7. The Morgan fingerprint density at radius 3 is 2.61 bits per heavy atom. The molecular weight excluding hydrogens is 248 g/mol. The van der Waals surface area contributed by atoms with E-state index in [9.17, 15) is 0 Å². The highest BCUT2D eigenvalue weighted by molar-refractivity contribution is 6.32. The van der Waals surface area contributed by atoms with Crippen LogP contribution in [-0.2, 0) is 0 Å². The molecule has 0 aliphatic rings. The van der Waals surface area contributed by atoms with E-state index in [1.807, 2.05) is 40.1 Å². The van der Waals surface area contributed by atoms with Crippen LogP contribution < -0.4 is 10.5 Å². The van der Waals surface area contributed by atoms with E-state index in [0.29, 0.717) is 11.6 Å². The van der Waals surface area contributed by atoms with Gasteiger partial charge in [0.2, 0.25) is 0 Å². The zero-order valence-corrected chi connectivity index (χ0v) is 12.4. The third-order valence-electron chi connectivity index (χ3n) is 2.91. The minimum absolute atomic E-state index is 0.0144. The molecular formula is C14H23ClN2O. The number of halogens is 1. The quantitative estimate of drug-likeness (QED) is 0.864. The molecule has 18 heavy (non-hydrogen) atoms. The number of rotatable bonds is 6. The fourth-order valence-corrected chi connectivity index (χ4v) is 2.12. The zero-order valence-electron chi connectivity index (χ0n) is 11.7. The Bertz CT molecular complexity index is 394. The molecule has 0 spiro atoms. The third-order valence-corrected chi connectivity index (χ3v) is 3.20. The number of hydrogen-bond donors (Lipinski definition) is 1. The lowest BCUT2D eigenvalue weighted by Crippen LogP contribution is -2.20. The lowest BCUT2D eigenvalue weighted by Gasteiger charge is -2.19. The second-order valence-corrected chi connectivity index (χ2v) is 5.18. The summed E-state index contributed by atoms with van der Waals surface area (Å²) in [6.07, 6.45) is 0.915. The minimum atomic E-state index is 0.0144. The predicted molar refractivity (Wildman–Crippen MR) is 77.5 cm³/mol. The molecule has 2 N–H and O–H groups in total. The first-order valence-corrected chi connectivity index (χ1v) is 6.66. The van der Waals surface area contributed by atoms with Crippen molar-refractivity contribution in [3.63, 3.8) is 0 Å². The largest absolute Gasteiger partial charge is 0.492 e. The summed E-state index contributed by atoms with van der Waals surface area (Å²) < 4.78 is 5.47. The number of nitrogens with zero attached hydrogens (tertiary/aromatic N) is 1. The summed E-state index contributed by atoms with van der Waals surface area (Å²) in [7, 11) is 4.09. The molecule has 3 nitrogen and oxygen atoms in total. The van der Waals surface area contributed by atoms with Crippen molar-refractivity contribution in [2.24, 2.45) is 5.73 Å². The number of aryl methyl sites for hydroxylation is 1. The predicted octanol–water partition coefficient (Wildman–Crippen LogP) is 3.00. The molecule has 0 aliphatic heterocycles. The van der Waals surface area contributed by atoms with E-state index < -0.39 is 0 Å². The number of benzene rings is 1. The van der Waals surface area contributed by atoms with E-state index in [0.717, 1.165) is 29.8 Å². The molecule has 0 saturated carbocycles. The van der Waals surface area contributed by atoms with Gasteiger partial charge in [-0.05, 0) is 64.2 Å². The average Bonchev–Trinajstić information content (AvgIpc) is 2.30. The fourth-order valence-electron chi connectivity index (χ4n) is 1.89. The van der Waals surface area contributed by atoms with Crippen LogP contribution in [0.4, 0.5) is 0 Å². The summed E-state index contributed by atoms with van der Waals surface area (Å²) in [5.41, 5.74) is 8.45. The monoisotopic (exact) mass is 270 g/mol. The van der Waals surface area contributed by atoms with Gasteiger partial charge in [0, 0.05) is 6.04 Å². The molecule has 1 aromatic rings. The lowest BCUT2D eigenvalue weighted by molar-refractivity contribution is 0.340. The molecule has 0 aromatic heterocycles. The number of nitrogens with two attached hydrogens (primary N) is 1. The summed E-state index contributed by atoms with van der Waals surface area (Å²) in [6.45, 7) is 5.57. The Morgan fingerprint density at radius 2 is 2.06 bits per heavy atom. The Kier molecular flexibility index (Phi) is 5.93. The van der Waals surface area contributed by atoms with Crippen LogP contribution in [0.5, 0.6) is 5.75 Å². The maximum Gasteiger partial charge on any atom is 0.138 e. The molecule has 1 atom stereocenters. The van der Waals surface area contributed by atoms with E-state index in [1.54, 1.807) is 0 Å². The highest BCUT2D eigenvalue weighted by Gasteiger charge is 2.13. The normalized spacial score (nSPS) is 12.8. The minimum Gasteiger partial charge on any atom is -0.492 e. The van der Waals surface area contributed by atoms with Crippen molar-refractivity contribution >= 4 is 11.6 Å². The Balaban J connectivity index is 2.86. The molecule has 0 saturated heterocycles. The number of ether oxygens (including phenoxy) is 1. The van der Waals surface area contributed by atoms with Gasteiger partial charge in [-0.25, -0.2) is 0 Å². The molecule has 0 amide bonds. The molecule has 1 unspecified atom stereocenters. The second-order valence-electron chi connectivity index (χ2n) is 4.77. The van der Waals surface area contributed by atoms with Crippen LogP contribution in [-0.4, -0.2) is 32.1 Å². The van der Waals surface area contributed by atoms with E-state index in [-0.39, 0.29) is 6.04 Å². The van der Waals surface area contributed by atoms with Crippen LogP contribution in [0.3, 0.4) is 0 Å². The summed E-state index contributed by atoms with van der Waals surface area (Å²) >= 11 is 6.20. The molecule has 0 fully saturated rings. The van der Waals surface area contributed by atoms with Gasteiger partial charge in [0.1, 0.15) is 5.75 Å². The van der Waals surface area contributed by atoms with Crippen LogP contribution in [0.1, 0.15) is 30.5 Å². The number of hydrogen-bond acceptors (Lipinski definition) is 3. The van der Waals surface area contributed by atoms with Gasteiger partial charge in [-0.15, -0.1) is 0 Å². The first-order valence-electron chi connectivity index (χ1n) is 6.28. The van der Waals surface area contributed by atoms with E-state index in [1.165, 1.54) is 0 Å². The SMILES string of the molecule is CCOc1cc(C)c(C(N)CCN(C)C)cc1Cl. The first kappa shape index (κ1) is 15.3. The van der Waals surface area contributed by atoms with Crippen molar-refractivity contribution in [1.29, 1.82) is 0 Å². The van der Waals surface area contributed by atoms with Crippen molar-refractivity contribution in [2.75, 3.05) is 27.2 Å². The Morgan fingerprint density at radius 1 is 1.39 bits per heavy atom. The van der Waals surface area contributed by atoms with Crippen LogP contribution in [0, 0.1) is 6.92 Å². The van der Waals surface area contributed by atoms with Crippen LogP contribution >= 0.6 is 11.6 Å². The summed E-state index contributed by atoms with van der Waals surface area (Å²) in [5, 5.41) is 0.637. The molecule has 0 radical (unpaired) electrons. The average molecular weight is 271 g/mol. The van der Waals surface area contributed by atoms with Gasteiger partial charge in [0.15, 0.2) is 0 Å². The Hall–Kier alpha value is -0.770. The molecule has 1 rings (SSSR count). The summed E-state index contributed by atoms with van der Waals surface area (Å²) in [4.78, 5) is 2.13. The van der Waals surface area contributed by atoms with Crippen LogP contribution in [0.25, 0.3) is 0 Å². The lowest BCUT2D eigenvalue weighted by atomic mass is 9.99. The van der Waals surface area contributed by atoms with E-state index in [2.05, 4.69) is 4.90 Å². The van der Waals surface area contributed by atoms with Gasteiger partial charge in [-0.1, -0.05) is 11.6 Å². The Labute approximate surface area is 115 Å². The van der Waals surface area contributed by atoms with E-state index in [4.69, 9.17) is 22.1 Å². The second kappa shape index (κ2) is 6.98. The topological polar surface area (TPSA) is 38.5 Å². The van der Waals surface area contributed by atoms with Gasteiger partial charge < -0.3 is 15.4 Å². The molecule has 0 heterocycles. The highest BCUT2D eigenvalue weighted by Crippen LogP contribution is 2.31. The van der Waals surface area contributed by atoms with Crippen molar-refractivity contribution in [3.05, 3.63) is 28.3 Å². The highest BCUT2D eigenvalue weighted by atomic mass is 35.5. The first-order chi connectivity index (χ1) is 8.45. The summed E-state index contributed by atoms with van der Waals surface area (Å²) in [5.74, 6) is 0.736. The maximum atomic E-state index is 6.21. The molecule has 4 heteroatoms. The third kappa shape index (κ3) is 4.16. The van der Waals surface area contributed by atoms with Gasteiger partial charge >= 0.3 is 0 Å². The molecule has 102 valence electrons. The van der Waals surface area contributed by atoms with Gasteiger partial charge in [0.05, 0.1) is 11.6 Å². The van der Waals surface area contributed by atoms with Crippen LogP contribution in [0.2, 0.25) is 5.02 Å². The smallest absolute Gasteiger partial charge is 0.138 e. The van der Waals surface area contributed by atoms with Crippen molar-refractivity contribution in [3.8, 4) is 5.75 Å². The van der Waals surface area contributed by atoms with E-state index >= 15 is 0 Å². The van der Waals surface area contributed by atoms with Gasteiger partial charge in [-0.3, -0.25) is 0 Å². The molecule has 0 bridgehead atoms. The van der Waals surface area contributed by atoms with Gasteiger partial charge in [0.25, 0.3) is 0 Å². The fraction of sp³-hybridized carbons (Fsp3) is 0.571. The van der Waals surface area contributed by atoms with Crippen molar-refractivity contribution in [2.45, 2.75) is 26.3 Å². The maximum absolute atomic E-state index is 6.21. The molecule has 1 aromatic carbocycles. The van der Waals surface area contributed by atoms with Gasteiger partial charge in [-0.2, -0.15) is 0 Å². The van der Waals surface area contributed by atoms with Crippen molar-refractivity contribution < 1.29 is 4.74 Å². The van der Waals surface area contributed by atoms with Crippen molar-refractivity contribution in [1.82, 2.24) is 4.90 Å².